The molecule has 0 spiro atoms. The molecule has 436 valence electrons. The molecule has 4 aliphatic rings. The van der Waals surface area contributed by atoms with Gasteiger partial charge in [0.2, 0.25) is 0 Å². The quantitative estimate of drug-likeness (QED) is 0.0321. The predicted octanol–water partition coefficient (Wildman–Crippen LogP) is 12.6. The van der Waals surface area contributed by atoms with E-state index in [0.717, 1.165) is 83.6 Å². The minimum absolute atomic E-state index is 0.138. The maximum atomic E-state index is 13.1. The first kappa shape index (κ1) is 64.8. The molecule has 4 rings (SSSR count). The largest absolute Gasteiger partial charge is 0.462 e. The Hall–Kier alpha value is -3.75. The molecule has 0 heterocycles. The van der Waals surface area contributed by atoms with Crippen LogP contribution in [0.1, 0.15) is 257 Å². The molecule has 0 bridgehead atoms. The minimum atomic E-state index is -0.889. The van der Waals surface area contributed by atoms with Crippen molar-refractivity contribution in [1.29, 1.82) is 0 Å². The molecule has 0 aromatic heterocycles. The van der Waals surface area contributed by atoms with Crippen LogP contribution in [0.5, 0.6) is 0 Å². The number of nitrogens with zero attached hydrogens (tertiary/aromatic N) is 1. The van der Waals surface area contributed by atoms with Gasteiger partial charge in [-0.2, -0.15) is 0 Å². The van der Waals surface area contributed by atoms with Gasteiger partial charge in [-0.05, 0) is 115 Å². The van der Waals surface area contributed by atoms with Gasteiger partial charge in [0.05, 0.1) is 0 Å². The number of hydrogen-bond donors (Lipinski definition) is 0. The summed E-state index contributed by atoms with van der Waals surface area (Å²) in [5.41, 5.74) is 0. The van der Waals surface area contributed by atoms with Gasteiger partial charge in [0.1, 0.15) is 32.5 Å². The molecule has 15 nitrogen and oxygen atoms in total. The Labute approximate surface area is 457 Å². The van der Waals surface area contributed by atoms with Crippen molar-refractivity contribution >= 4 is 41.8 Å². The Balaban J connectivity index is 1.19. The van der Waals surface area contributed by atoms with E-state index in [1.165, 1.54) is 77.0 Å². The topological polar surface area (TPSA) is 187 Å². The molecule has 0 aromatic rings. The van der Waals surface area contributed by atoms with E-state index < -0.39 is 24.1 Å². The summed E-state index contributed by atoms with van der Waals surface area (Å²) in [5, 5.41) is 0. The molecule has 4 fully saturated rings. The maximum Gasteiger partial charge on any atom is 0.306 e. The number of rotatable bonds is 39. The predicted molar refractivity (Wildman–Crippen MR) is 291 cm³/mol. The summed E-state index contributed by atoms with van der Waals surface area (Å²) in [6.07, 6.45) is 32.4. The van der Waals surface area contributed by atoms with Crippen molar-refractivity contribution < 1.29 is 66.7 Å². The van der Waals surface area contributed by atoms with Crippen LogP contribution in [0, 0.1) is 23.7 Å². The van der Waals surface area contributed by atoms with E-state index in [9.17, 15) is 33.6 Å². The van der Waals surface area contributed by atoms with Gasteiger partial charge >= 0.3 is 41.8 Å². The van der Waals surface area contributed by atoms with Gasteiger partial charge in [0.15, 0.2) is 12.2 Å². The van der Waals surface area contributed by atoms with Gasteiger partial charge < -0.3 is 38.1 Å². The Bertz CT molecular complexity index is 1450. The molecule has 0 aromatic carbocycles. The van der Waals surface area contributed by atoms with Gasteiger partial charge in [-0.1, -0.05) is 141 Å². The fourth-order valence-corrected chi connectivity index (χ4v) is 11.6. The Morgan fingerprint density at radius 1 is 0.329 bits per heavy atom. The summed E-state index contributed by atoms with van der Waals surface area (Å²) in [5.74, 6) is -0.328. The van der Waals surface area contributed by atoms with Crippen LogP contribution in [0.15, 0.2) is 0 Å². The summed E-state index contributed by atoms with van der Waals surface area (Å²) in [4.78, 5) is 92.1. The van der Waals surface area contributed by atoms with Crippen LogP contribution < -0.4 is 0 Å². The number of unbranched alkanes of at least 4 members (excludes halogenated alkanes) is 4. The molecule has 0 unspecified atom stereocenters. The molecule has 4 aliphatic carbocycles. The summed E-state index contributed by atoms with van der Waals surface area (Å²) in [7, 11) is 3.93. The highest BCUT2D eigenvalue weighted by Gasteiger charge is 2.25. The third-order valence-electron chi connectivity index (χ3n) is 16.3. The monoisotopic (exact) mass is 1070 g/mol. The first-order valence-corrected chi connectivity index (χ1v) is 30.8. The molecule has 0 N–H and O–H groups in total. The molecular weight excluding hydrogens is 971 g/mol. The summed E-state index contributed by atoms with van der Waals surface area (Å²) in [6, 6.07) is 0. The summed E-state index contributed by atoms with van der Waals surface area (Å²) in [6.45, 7) is 0.115. The number of carbonyl (C=O) groups is 7. The molecule has 0 radical (unpaired) electrons. The van der Waals surface area contributed by atoms with Gasteiger partial charge in [-0.3, -0.25) is 33.6 Å². The fourth-order valence-electron chi connectivity index (χ4n) is 11.6. The van der Waals surface area contributed by atoms with Crippen molar-refractivity contribution in [3.63, 3.8) is 0 Å². The zero-order chi connectivity index (χ0) is 54.4. The zero-order valence-electron chi connectivity index (χ0n) is 47.5. The molecule has 76 heavy (non-hydrogen) atoms. The van der Waals surface area contributed by atoms with Crippen molar-refractivity contribution in [2.75, 3.05) is 47.1 Å². The van der Waals surface area contributed by atoms with E-state index in [2.05, 4.69) is 0 Å². The zero-order valence-corrected chi connectivity index (χ0v) is 47.5. The summed E-state index contributed by atoms with van der Waals surface area (Å²) < 4.78 is 39.7. The van der Waals surface area contributed by atoms with Crippen molar-refractivity contribution in [1.82, 2.24) is 4.90 Å². The smallest absolute Gasteiger partial charge is 0.306 e. The van der Waals surface area contributed by atoms with Crippen LogP contribution in [0.25, 0.3) is 0 Å². The lowest BCUT2D eigenvalue weighted by molar-refractivity contribution is -0.167. The van der Waals surface area contributed by atoms with Crippen LogP contribution in [-0.4, -0.2) is 112 Å². The third kappa shape index (κ3) is 32.2. The van der Waals surface area contributed by atoms with Crippen molar-refractivity contribution in [3.8, 4) is 0 Å². The molecule has 4 saturated carbocycles. The average molecular weight is 1070 g/mol. The molecule has 15 heteroatoms. The highest BCUT2D eigenvalue weighted by Crippen LogP contribution is 2.30. The van der Waals surface area contributed by atoms with Gasteiger partial charge in [0, 0.05) is 44.9 Å². The number of carbonyl (C=O) groups excluding carboxylic acids is 7. The van der Waals surface area contributed by atoms with Crippen LogP contribution in [0.2, 0.25) is 0 Å². The van der Waals surface area contributed by atoms with Crippen molar-refractivity contribution in [2.45, 2.75) is 275 Å². The van der Waals surface area contributed by atoms with Crippen molar-refractivity contribution in [2.24, 2.45) is 23.7 Å². The highest BCUT2D eigenvalue weighted by atomic mass is 16.6. The van der Waals surface area contributed by atoms with E-state index in [1.807, 2.05) is 19.0 Å². The lowest BCUT2D eigenvalue weighted by atomic mass is 9.86. The minimum Gasteiger partial charge on any atom is -0.462 e. The van der Waals surface area contributed by atoms with E-state index in [1.54, 1.807) is 0 Å². The first-order chi connectivity index (χ1) is 36.9. The summed E-state index contributed by atoms with van der Waals surface area (Å²) >= 11 is 0. The number of ether oxygens (including phenoxy) is 7. The second kappa shape index (κ2) is 40.4. The van der Waals surface area contributed by atoms with Crippen LogP contribution >= 0.6 is 0 Å². The molecule has 0 amide bonds. The molecule has 0 aliphatic heterocycles. The lowest BCUT2D eigenvalue weighted by Gasteiger charge is -2.22. The van der Waals surface area contributed by atoms with E-state index in [0.29, 0.717) is 114 Å². The Kier molecular flexibility index (Phi) is 34.5. The molecule has 0 atom stereocenters. The van der Waals surface area contributed by atoms with Crippen LogP contribution in [0.3, 0.4) is 0 Å². The fraction of sp³-hybridized carbons (Fsp3) is 0.885. The van der Waals surface area contributed by atoms with E-state index in [4.69, 9.17) is 33.2 Å². The maximum absolute atomic E-state index is 13.1. The Morgan fingerprint density at radius 2 is 0.605 bits per heavy atom. The average Bonchev–Trinajstić information content (AvgIpc) is 3.42. The van der Waals surface area contributed by atoms with Crippen LogP contribution in [0.4, 0.5) is 0 Å². The second-order valence-electron chi connectivity index (χ2n) is 23.3. The molecule has 0 saturated heterocycles. The second-order valence-corrected chi connectivity index (χ2v) is 23.3. The lowest BCUT2D eigenvalue weighted by Crippen LogP contribution is -2.31. The first-order valence-electron chi connectivity index (χ1n) is 30.8. The normalized spacial score (nSPS) is 17.2. The Morgan fingerprint density at radius 3 is 0.895 bits per heavy atom. The van der Waals surface area contributed by atoms with Gasteiger partial charge in [0.25, 0.3) is 0 Å². The van der Waals surface area contributed by atoms with Crippen LogP contribution in [-0.2, 0) is 66.7 Å². The SMILES string of the molecule is CN(C)CCCC(=O)OC(CCCCCC(=O)OC(COC(=O)CCC1CCCCC1)COC(=O)CCC1CCCCC1)CCCCCC(=O)OC(COC(=O)CCC1CCCCC1)COC(=O)CCC1CCCCC1. The third-order valence-corrected chi connectivity index (χ3v) is 16.3. The molecular formula is C61H103NO14. The van der Waals surface area contributed by atoms with Gasteiger partial charge in [-0.25, -0.2) is 0 Å². The number of esters is 7. The highest BCUT2D eigenvalue weighted by molar-refractivity contribution is 5.72. The van der Waals surface area contributed by atoms with E-state index in [-0.39, 0.29) is 75.2 Å². The standard InChI is InChI=1S/C61H103NO14/c1-62(2)43-21-34-61(69)74-52(30-17-7-19-32-59(67)75-53(44-70-55(63)39-35-48-22-9-3-10-23-48)45-71-56(64)40-36-49-24-11-4-12-25-49)31-18-8-20-33-60(68)76-54(46-72-57(65)41-37-50-26-13-5-14-27-50)47-73-58(66)42-38-51-28-15-6-16-29-51/h48-54H,3-47H2,1-2H3. The number of hydrogen-bond acceptors (Lipinski definition) is 15. The van der Waals surface area contributed by atoms with Gasteiger partial charge in [-0.15, -0.1) is 0 Å². The van der Waals surface area contributed by atoms with E-state index >= 15 is 0 Å². The van der Waals surface area contributed by atoms with Crippen molar-refractivity contribution in [3.05, 3.63) is 0 Å².